The second kappa shape index (κ2) is 6.23. The van der Waals surface area contributed by atoms with E-state index in [2.05, 4.69) is 23.5 Å². The van der Waals surface area contributed by atoms with E-state index in [1.54, 1.807) is 12.1 Å². The molecule has 0 amide bonds. The first-order valence-electron chi connectivity index (χ1n) is 7.45. The average molecular weight is 311 g/mol. The molecule has 1 aliphatic carbocycles. The van der Waals surface area contributed by atoms with Gasteiger partial charge in [-0.2, -0.15) is 0 Å². The van der Waals surface area contributed by atoms with Crippen LogP contribution < -0.4 is 15.4 Å². The molecule has 0 radical (unpaired) electrons. The maximum absolute atomic E-state index is 12.3. The highest BCUT2D eigenvalue weighted by molar-refractivity contribution is 7.89. The Balaban J connectivity index is 2.40. The molecular formula is C15H25N3O2S. The number of nitrogens with zero attached hydrogens (tertiary/aromatic N) is 1. The first-order valence-corrected chi connectivity index (χ1v) is 8.93. The Kier molecular flexibility index (Phi) is 4.78. The van der Waals surface area contributed by atoms with Crippen LogP contribution >= 0.6 is 0 Å². The minimum absolute atomic E-state index is 0.278. The van der Waals surface area contributed by atoms with Gasteiger partial charge < -0.3 is 10.6 Å². The largest absolute Gasteiger partial charge is 0.399 e. The molecule has 1 aliphatic rings. The topological polar surface area (TPSA) is 75.4 Å². The number of rotatable bonds is 7. The van der Waals surface area contributed by atoms with Gasteiger partial charge in [0, 0.05) is 18.3 Å². The summed E-state index contributed by atoms with van der Waals surface area (Å²) in [6, 6.07) is 5.61. The lowest BCUT2D eigenvalue weighted by Crippen LogP contribution is -2.31. The molecule has 1 saturated carbocycles. The van der Waals surface area contributed by atoms with Crippen molar-refractivity contribution in [2.45, 2.75) is 44.0 Å². The van der Waals surface area contributed by atoms with Crippen molar-refractivity contribution in [3.63, 3.8) is 0 Å². The van der Waals surface area contributed by atoms with E-state index in [0.717, 1.165) is 31.5 Å². The molecule has 5 nitrogen and oxygen atoms in total. The highest BCUT2D eigenvalue weighted by atomic mass is 32.2. The molecule has 21 heavy (non-hydrogen) atoms. The second-order valence-corrected chi connectivity index (χ2v) is 7.90. The van der Waals surface area contributed by atoms with Crippen LogP contribution in [0.4, 0.5) is 11.4 Å². The predicted molar refractivity (Wildman–Crippen MR) is 86.9 cm³/mol. The van der Waals surface area contributed by atoms with E-state index in [0.29, 0.717) is 17.6 Å². The Labute approximate surface area is 127 Å². The molecule has 2 rings (SSSR count). The maximum Gasteiger partial charge on any atom is 0.242 e. The molecule has 0 unspecified atom stereocenters. The Hall–Kier alpha value is -1.27. The van der Waals surface area contributed by atoms with Crippen LogP contribution in [0.2, 0.25) is 0 Å². The van der Waals surface area contributed by atoms with Crippen molar-refractivity contribution < 1.29 is 8.42 Å². The molecule has 118 valence electrons. The van der Waals surface area contributed by atoms with E-state index in [9.17, 15) is 8.42 Å². The molecule has 3 N–H and O–H groups in total. The maximum atomic E-state index is 12.3. The lowest BCUT2D eigenvalue weighted by atomic mass is 10.1. The lowest BCUT2D eigenvalue weighted by Gasteiger charge is -2.28. The van der Waals surface area contributed by atoms with E-state index in [-0.39, 0.29) is 4.90 Å². The Morgan fingerprint density at radius 2 is 2.05 bits per heavy atom. The number of benzene rings is 1. The summed E-state index contributed by atoms with van der Waals surface area (Å²) < 4.78 is 26.9. The van der Waals surface area contributed by atoms with E-state index in [4.69, 9.17) is 5.73 Å². The van der Waals surface area contributed by atoms with Crippen LogP contribution in [-0.2, 0) is 10.0 Å². The van der Waals surface area contributed by atoms with Gasteiger partial charge in [-0.1, -0.05) is 13.8 Å². The minimum Gasteiger partial charge on any atom is -0.399 e. The zero-order valence-electron chi connectivity index (χ0n) is 13.0. The smallest absolute Gasteiger partial charge is 0.242 e. The number of hydrogen-bond acceptors (Lipinski definition) is 4. The zero-order valence-corrected chi connectivity index (χ0v) is 13.8. The third kappa shape index (κ3) is 3.89. The first kappa shape index (κ1) is 16.1. The van der Waals surface area contributed by atoms with E-state index >= 15 is 0 Å². The van der Waals surface area contributed by atoms with Gasteiger partial charge in [0.1, 0.15) is 4.90 Å². The molecule has 0 saturated heterocycles. The number of nitrogens with one attached hydrogen (secondary N) is 1. The Morgan fingerprint density at radius 1 is 1.38 bits per heavy atom. The van der Waals surface area contributed by atoms with Crippen molar-refractivity contribution >= 4 is 21.4 Å². The predicted octanol–water partition coefficient (Wildman–Crippen LogP) is 2.19. The number of sulfonamides is 1. The second-order valence-electron chi connectivity index (χ2n) is 6.04. The van der Waals surface area contributed by atoms with Crippen molar-refractivity contribution in [3.05, 3.63) is 18.2 Å². The van der Waals surface area contributed by atoms with E-state index in [1.807, 2.05) is 6.07 Å². The van der Waals surface area contributed by atoms with Crippen molar-refractivity contribution in [1.82, 2.24) is 4.72 Å². The third-order valence-corrected chi connectivity index (χ3v) is 5.23. The van der Waals surface area contributed by atoms with Crippen molar-refractivity contribution in [2.24, 2.45) is 5.92 Å². The Bertz CT molecular complexity index is 595. The van der Waals surface area contributed by atoms with Gasteiger partial charge in [-0.15, -0.1) is 0 Å². The number of nitrogen functional groups attached to an aromatic ring is 1. The molecular weight excluding hydrogens is 286 g/mol. The van der Waals surface area contributed by atoms with Gasteiger partial charge in [0.15, 0.2) is 0 Å². The lowest BCUT2D eigenvalue weighted by molar-refractivity contribution is 0.567. The number of nitrogens with two attached hydrogens (primary N) is 1. The van der Waals surface area contributed by atoms with Gasteiger partial charge in [0.2, 0.25) is 10.0 Å². The van der Waals surface area contributed by atoms with Crippen LogP contribution in [0.5, 0.6) is 0 Å². The van der Waals surface area contributed by atoms with Gasteiger partial charge in [0.05, 0.1) is 5.69 Å². The molecule has 0 aromatic heterocycles. The van der Waals surface area contributed by atoms with Crippen LogP contribution in [-0.4, -0.2) is 28.1 Å². The molecule has 1 fully saturated rings. The quantitative estimate of drug-likeness (QED) is 0.757. The summed E-state index contributed by atoms with van der Waals surface area (Å²) in [4.78, 5) is 2.50. The summed E-state index contributed by atoms with van der Waals surface area (Å²) in [6.45, 7) is 5.23. The van der Waals surface area contributed by atoms with Crippen molar-refractivity contribution in [3.8, 4) is 0 Å². The number of hydrogen-bond donors (Lipinski definition) is 2. The summed E-state index contributed by atoms with van der Waals surface area (Å²) in [5.74, 6) is 0.587. The fourth-order valence-electron chi connectivity index (χ4n) is 2.38. The van der Waals surface area contributed by atoms with E-state index in [1.165, 1.54) is 7.05 Å². The molecule has 0 spiro atoms. The first-order chi connectivity index (χ1) is 9.85. The zero-order chi connectivity index (χ0) is 15.6. The fraction of sp³-hybridized carbons (Fsp3) is 0.600. The average Bonchev–Trinajstić information content (AvgIpc) is 3.24. The van der Waals surface area contributed by atoms with Gasteiger partial charge >= 0.3 is 0 Å². The van der Waals surface area contributed by atoms with Crippen LogP contribution in [0.1, 0.15) is 33.1 Å². The SMILES string of the molecule is CNS(=O)(=O)c1cc(N)ccc1N(CCC(C)C)C1CC1. The summed E-state index contributed by atoms with van der Waals surface area (Å²) >= 11 is 0. The standard InChI is InChI=1S/C15H25N3O2S/c1-11(2)8-9-18(13-5-6-13)14-7-4-12(16)10-15(14)21(19,20)17-3/h4,7,10-11,13,17H,5-6,8-9,16H2,1-3H3. The molecule has 0 atom stereocenters. The van der Waals surface area contributed by atoms with Gasteiger partial charge in [-0.25, -0.2) is 13.1 Å². The Morgan fingerprint density at radius 3 is 2.57 bits per heavy atom. The van der Waals surface area contributed by atoms with Crippen LogP contribution in [0.3, 0.4) is 0 Å². The van der Waals surface area contributed by atoms with E-state index < -0.39 is 10.0 Å². The van der Waals surface area contributed by atoms with Crippen LogP contribution in [0.25, 0.3) is 0 Å². The monoisotopic (exact) mass is 311 g/mol. The van der Waals surface area contributed by atoms with Gasteiger partial charge in [-0.3, -0.25) is 0 Å². The van der Waals surface area contributed by atoms with Gasteiger partial charge in [-0.05, 0) is 50.4 Å². The summed E-state index contributed by atoms with van der Waals surface area (Å²) in [7, 11) is -2.08. The third-order valence-electron chi connectivity index (χ3n) is 3.79. The molecule has 0 aliphatic heterocycles. The molecule has 1 aromatic rings. The van der Waals surface area contributed by atoms with Crippen molar-refractivity contribution in [1.29, 1.82) is 0 Å². The summed E-state index contributed by atoms with van der Waals surface area (Å²) in [6.07, 6.45) is 3.29. The molecule has 1 aromatic carbocycles. The highest BCUT2D eigenvalue weighted by Crippen LogP contribution is 2.36. The van der Waals surface area contributed by atoms with Crippen LogP contribution in [0.15, 0.2) is 23.1 Å². The normalized spacial score (nSPS) is 15.4. The molecule has 0 bridgehead atoms. The minimum atomic E-state index is -3.51. The summed E-state index contributed by atoms with van der Waals surface area (Å²) in [5, 5.41) is 0. The molecule has 0 heterocycles. The summed E-state index contributed by atoms with van der Waals surface area (Å²) in [5.41, 5.74) is 7.01. The van der Waals surface area contributed by atoms with Crippen LogP contribution in [0, 0.1) is 5.92 Å². The van der Waals surface area contributed by atoms with Crippen molar-refractivity contribution in [2.75, 3.05) is 24.2 Å². The number of anilines is 2. The fourth-order valence-corrected chi connectivity index (χ4v) is 3.35. The van der Waals surface area contributed by atoms with Gasteiger partial charge in [0.25, 0.3) is 0 Å². The highest BCUT2D eigenvalue weighted by Gasteiger charge is 2.32. The molecule has 6 heteroatoms.